The Morgan fingerprint density at radius 1 is 1.04 bits per heavy atom. The summed E-state index contributed by atoms with van der Waals surface area (Å²) in [5.74, 6) is 1.39. The van der Waals surface area contributed by atoms with E-state index in [1.165, 1.54) is 12.1 Å². The minimum absolute atomic E-state index is 0.239. The lowest BCUT2D eigenvalue weighted by atomic mass is 10.2. The minimum atomic E-state index is -0.239. The number of hydrogen-bond donors (Lipinski definition) is 1. The molecule has 0 unspecified atom stereocenters. The van der Waals surface area contributed by atoms with Crippen molar-refractivity contribution in [3.05, 3.63) is 72.3 Å². The number of nitrogens with one attached hydrogen (secondary N) is 1. The minimum Gasteiger partial charge on any atom is -0.497 e. The van der Waals surface area contributed by atoms with Gasteiger partial charge < -0.3 is 10.1 Å². The van der Waals surface area contributed by atoms with Crippen LogP contribution in [0.3, 0.4) is 0 Å². The van der Waals surface area contributed by atoms with Crippen LogP contribution in [0.2, 0.25) is 0 Å². The number of hydrogen-bond acceptors (Lipinski definition) is 5. The van der Waals surface area contributed by atoms with E-state index >= 15 is 0 Å². The maximum atomic E-state index is 13.1. The van der Waals surface area contributed by atoms with Crippen LogP contribution in [-0.2, 0) is 6.54 Å². The molecule has 2 heterocycles. The van der Waals surface area contributed by atoms with Crippen LogP contribution in [0.1, 0.15) is 5.56 Å². The molecule has 4 nitrogen and oxygen atoms in total. The maximum absolute atomic E-state index is 13.1. The van der Waals surface area contributed by atoms with Crippen molar-refractivity contribution in [2.45, 2.75) is 6.54 Å². The first-order valence-electron chi connectivity index (χ1n) is 8.10. The molecule has 6 heteroatoms. The zero-order valence-electron chi connectivity index (χ0n) is 14.1. The first-order valence-corrected chi connectivity index (χ1v) is 8.92. The van der Waals surface area contributed by atoms with Gasteiger partial charge in [-0.25, -0.2) is 14.4 Å². The highest BCUT2D eigenvalue weighted by Gasteiger charge is 2.10. The molecule has 4 aromatic rings. The fourth-order valence-electron chi connectivity index (χ4n) is 2.67. The number of methoxy groups -OCH3 is 1. The molecule has 0 aliphatic heterocycles. The lowest BCUT2D eigenvalue weighted by Gasteiger charge is -2.07. The van der Waals surface area contributed by atoms with E-state index in [4.69, 9.17) is 4.74 Å². The lowest BCUT2D eigenvalue weighted by Crippen LogP contribution is -2.01. The van der Waals surface area contributed by atoms with Gasteiger partial charge in [0.1, 0.15) is 23.7 Å². The molecule has 0 aliphatic rings. The molecule has 0 radical (unpaired) electrons. The van der Waals surface area contributed by atoms with Gasteiger partial charge in [0.25, 0.3) is 0 Å². The Morgan fingerprint density at radius 3 is 2.54 bits per heavy atom. The van der Waals surface area contributed by atoms with Gasteiger partial charge in [-0.1, -0.05) is 24.3 Å². The number of halogens is 1. The zero-order valence-corrected chi connectivity index (χ0v) is 14.9. The van der Waals surface area contributed by atoms with Crippen LogP contribution in [0.25, 0.3) is 20.7 Å². The number of nitrogens with zero attached hydrogens (tertiary/aromatic N) is 2. The summed E-state index contributed by atoms with van der Waals surface area (Å²) in [4.78, 5) is 9.77. The Labute approximate surface area is 154 Å². The monoisotopic (exact) mass is 365 g/mol. The van der Waals surface area contributed by atoms with Crippen LogP contribution in [0, 0.1) is 5.82 Å². The third-order valence-electron chi connectivity index (χ3n) is 4.06. The second-order valence-electron chi connectivity index (χ2n) is 5.76. The summed E-state index contributed by atoms with van der Waals surface area (Å²) >= 11 is 1.59. The van der Waals surface area contributed by atoms with Crippen LogP contribution >= 0.6 is 11.3 Å². The summed E-state index contributed by atoms with van der Waals surface area (Å²) in [6.07, 6.45) is 1.56. The summed E-state index contributed by atoms with van der Waals surface area (Å²) in [5, 5.41) is 3.37. The van der Waals surface area contributed by atoms with E-state index in [0.717, 1.165) is 37.8 Å². The van der Waals surface area contributed by atoms with Gasteiger partial charge in [-0.15, -0.1) is 11.3 Å². The van der Waals surface area contributed by atoms with E-state index in [-0.39, 0.29) is 5.82 Å². The molecule has 0 spiro atoms. The van der Waals surface area contributed by atoms with Crippen molar-refractivity contribution >= 4 is 27.4 Å². The predicted octanol–water partition coefficient (Wildman–Crippen LogP) is 5.12. The Hall–Kier alpha value is -2.99. The van der Waals surface area contributed by atoms with Gasteiger partial charge in [-0.3, -0.25) is 0 Å². The second kappa shape index (κ2) is 7.09. The third kappa shape index (κ3) is 3.36. The third-order valence-corrected chi connectivity index (χ3v) is 5.24. The quantitative estimate of drug-likeness (QED) is 0.533. The Morgan fingerprint density at radius 2 is 1.81 bits per heavy atom. The molecule has 26 heavy (non-hydrogen) atoms. The molecule has 2 aromatic heterocycles. The number of benzene rings is 2. The van der Waals surface area contributed by atoms with Crippen molar-refractivity contribution in [3.8, 4) is 16.2 Å². The molecule has 0 saturated heterocycles. The molecular formula is C20H16FN3OS. The van der Waals surface area contributed by atoms with Gasteiger partial charge in [-0.05, 0) is 41.5 Å². The highest BCUT2D eigenvalue weighted by molar-refractivity contribution is 7.22. The van der Waals surface area contributed by atoms with E-state index < -0.39 is 0 Å². The molecule has 0 amide bonds. The van der Waals surface area contributed by atoms with Crippen LogP contribution in [-0.4, -0.2) is 17.1 Å². The van der Waals surface area contributed by atoms with Crippen molar-refractivity contribution in [3.63, 3.8) is 0 Å². The fourth-order valence-corrected chi connectivity index (χ4v) is 3.75. The second-order valence-corrected chi connectivity index (χ2v) is 6.81. The van der Waals surface area contributed by atoms with Crippen molar-refractivity contribution in [2.24, 2.45) is 0 Å². The normalized spacial score (nSPS) is 10.8. The molecule has 0 bridgehead atoms. The molecule has 0 aliphatic carbocycles. The van der Waals surface area contributed by atoms with Crippen molar-refractivity contribution in [1.29, 1.82) is 0 Å². The van der Waals surface area contributed by atoms with E-state index in [0.29, 0.717) is 6.54 Å². The van der Waals surface area contributed by atoms with Gasteiger partial charge in [0.05, 0.1) is 17.3 Å². The van der Waals surface area contributed by atoms with E-state index in [2.05, 4.69) is 15.3 Å². The predicted molar refractivity (Wildman–Crippen MR) is 103 cm³/mol. The van der Waals surface area contributed by atoms with Gasteiger partial charge >= 0.3 is 0 Å². The number of rotatable bonds is 5. The summed E-state index contributed by atoms with van der Waals surface area (Å²) in [7, 11) is 1.65. The maximum Gasteiger partial charge on any atom is 0.147 e. The SMILES string of the molecule is COc1ccc(CNc2ncnc3cc(-c4ccc(F)cc4)sc23)cc1. The van der Waals surface area contributed by atoms with Gasteiger partial charge in [0.2, 0.25) is 0 Å². The summed E-state index contributed by atoms with van der Waals surface area (Å²) in [6, 6.07) is 16.4. The molecule has 1 N–H and O–H groups in total. The Kier molecular flexibility index (Phi) is 4.50. The van der Waals surface area contributed by atoms with Crippen molar-refractivity contribution < 1.29 is 9.13 Å². The number of anilines is 1. The molecule has 0 fully saturated rings. The van der Waals surface area contributed by atoms with E-state index in [9.17, 15) is 4.39 Å². The average Bonchev–Trinajstić information content (AvgIpc) is 3.12. The fraction of sp³-hybridized carbons (Fsp3) is 0.100. The molecular weight excluding hydrogens is 349 g/mol. The summed E-state index contributed by atoms with van der Waals surface area (Å²) < 4.78 is 19.3. The topological polar surface area (TPSA) is 47.0 Å². The number of thiophene rings is 1. The van der Waals surface area contributed by atoms with Crippen LogP contribution in [0.4, 0.5) is 10.2 Å². The number of ether oxygens (including phenoxy) is 1. The molecule has 0 atom stereocenters. The number of aromatic nitrogens is 2. The molecule has 4 rings (SSSR count). The summed E-state index contributed by atoms with van der Waals surface area (Å²) in [6.45, 7) is 0.653. The van der Waals surface area contributed by atoms with E-state index in [1.54, 1.807) is 36.9 Å². The van der Waals surface area contributed by atoms with E-state index in [1.807, 2.05) is 30.3 Å². The Balaban J connectivity index is 1.59. The highest BCUT2D eigenvalue weighted by Crippen LogP contribution is 2.35. The standard InChI is InChI=1S/C20H16FN3OS/c1-25-16-8-2-13(3-9-16)11-22-20-19-17(23-12-24-20)10-18(26-19)14-4-6-15(21)7-5-14/h2-10,12H,11H2,1H3,(H,22,23,24). The zero-order chi connectivity index (χ0) is 17.9. The lowest BCUT2D eigenvalue weighted by molar-refractivity contribution is 0.414. The van der Waals surface area contributed by atoms with Crippen LogP contribution in [0.5, 0.6) is 5.75 Å². The summed E-state index contributed by atoms with van der Waals surface area (Å²) in [5.41, 5.74) is 2.98. The average molecular weight is 365 g/mol. The highest BCUT2D eigenvalue weighted by atomic mass is 32.1. The largest absolute Gasteiger partial charge is 0.497 e. The first-order chi connectivity index (χ1) is 12.7. The van der Waals surface area contributed by atoms with Crippen molar-refractivity contribution in [1.82, 2.24) is 9.97 Å². The first kappa shape index (κ1) is 16.5. The molecule has 0 saturated carbocycles. The smallest absolute Gasteiger partial charge is 0.147 e. The van der Waals surface area contributed by atoms with Gasteiger partial charge in [-0.2, -0.15) is 0 Å². The van der Waals surface area contributed by atoms with Gasteiger partial charge in [0, 0.05) is 11.4 Å². The molecule has 130 valence electrons. The van der Waals surface area contributed by atoms with Crippen LogP contribution in [0.15, 0.2) is 60.9 Å². The van der Waals surface area contributed by atoms with Crippen molar-refractivity contribution in [2.75, 3.05) is 12.4 Å². The Bertz CT molecular complexity index is 1030. The molecule has 2 aromatic carbocycles. The number of fused-ring (bicyclic) bond motifs is 1. The van der Waals surface area contributed by atoms with Gasteiger partial charge in [0.15, 0.2) is 0 Å². The van der Waals surface area contributed by atoms with Crippen LogP contribution < -0.4 is 10.1 Å².